The van der Waals surface area contributed by atoms with E-state index in [4.69, 9.17) is 4.74 Å². The number of carbonyl (C=O) groups excluding carboxylic acids is 3. The fourth-order valence-electron chi connectivity index (χ4n) is 4.35. The second kappa shape index (κ2) is 9.23. The minimum atomic E-state index is -0.597. The van der Waals surface area contributed by atoms with Gasteiger partial charge in [0.25, 0.3) is 11.6 Å². The normalized spacial score (nSPS) is 26.3. The molecule has 9 nitrogen and oxygen atoms in total. The summed E-state index contributed by atoms with van der Waals surface area (Å²) in [7, 11) is 0. The molecule has 1 saturated carbocycles. The number of anilines is 1. The van der Waals surface area contributed by atoms with Crippen LogP contribution in [-0.4, -0.2) is 46.8 Å². The van der Waals surface area contributed by atoms with Crippen molar-refractivity contribution in [3.63, 3.8) is 0 Å². The molecule has 30 heavy (non-hydrogen) atoms. The molecule has 1 aromatic carbocycles. The fraction of sp³-hybridized carbons (Fsp3) is 0.571. The molecule has 162 valence electrons. The molecule has 0 unspecified atom stereocenters. The number of esters is 1. The summed E-state index contributed by atoms with van der Waals surface area (Å²) in [6.45, 7) is 4.17. The van der Waals surface area contributed by atoms with Gasteiger partial charge in [0, 0.05) is 36.8 Å². The number of hydrogen-bond donors (Lipinski definition) is 1. The molecule has 0 radical (unpaired) electrons. The van der Waals surface area contributed by atoms with Crippen molar-refractivity contribution in [1.29, 1.82) is 0 Å². The maximum atomic E-state index is 12.5. The van der Waals surface area contributed by atoms with Crippen molar-refractivity contribution in [2.75, 3.05) is 18.5 Å². The lowest BCUT2D eigenvalue weighted by Crippen LogP contribution is -2.45. The minimum absolute atomic E-state index is 0.0380. The van der Waals surface area contributed by atoms with Gasteiger partial charge in [0.1, 0.15) is 0 Å². The van der Waals surface area contributed by atoms with Gasteiger partial charge in [-0.15, -0.1) is 0 Å². The van der Waals surface area contributed by atoms with Crippen LogP contribution in [0.25, 0.3) is 0 Å². The number of hydrogen-bond acceptors (Lipinski definition) is 6. The molecular weight excluding hydrogens is 390 g/mol. The number of nitrogens with one attached hydrogen (secondary N) is 1. The number of rotatable bonds is 6. The monoisotopic (exact) mass is 417 g/mol. The first-order valence-electron chi connectivity index (χ1n) is 10.3. The molecule has 0 bridgehead atoms. The highest BCUT2D eigenvalue weighted by Crippen LogP contribution is 2.35. The largest absolute Gasteiger partial charge is 0.455 e. The predicted octanol–water partition coefficient (Wildman–Crippen LogP) is 2.75. The predicted molar refractivity (Wildman–Crippen MR) is 108 cm³/mol. The highest BCUT2D eigenvalue weighted by Gasteiger charge is 2.42. The molecule has 1 aliphatic carbocycles. The Kier molecular flexibility index (Phi) is 6.69. The number of likely N-dealkylation sites (tertiary alicyclic amines) is 1. The first-order valence-corrected chi connectivity index (χ1v) is 10.3. The van der Waals surface area contributed by atoms with Crippen LogP contribution in [0.4, 0.5) is 11.4 Å². The van der Waals surface area contributed by atoms with Crippen molar-refractivity contribution >= 4 is 29.2 Å². The van der Waals surface area contributed by atoms with Crippen molar-refractivity contribution in [2.24, 2.45) is 17.8 Å². The Morgan fingerprint density at radius 1 is 1.30 bits per heavy atom. The fourth-order valence-corrected chi connectivity index (χ4v) is 4.35. The number of amides is 2. The summed E-state index contributed by atoms with van der Waals surface area (Å²) in [6.07, 6.45) is 3.28. The highest BCUT2D eigenvalue weighted by atomic mass is 16.6. The van der Waals surface area contributed by atoms with Crippen molar-refractivity contribution in [3.8, 4) is 0 Å². The number of ether oxygens (including phenoxy) is 1. The summed E-state index contributed by atoms with van der Waals surface area (Å²) in [4.78, 5) is 49.0. The number of carbonyl (C=O) groups is 3. The average molecular weight is 417 g/mol. The van der Waals surface area contributed by atoms with Crippen LogP contribution in [0, 0.1) is 27.9 Å². The van der Waals surface area contributed by atoms with Gasteiger partial charge in [0.15, 0.2) is 6.61 Å². The van der Waals surface area contributed by atoms with Crippen LogP contribution in [0.5, 0.6) is 0 Å². The third-order valence-electron chi connectivity index (χ3n) is 6.24. The number of nitro groups is 1. The Hall–Kier alpha value is -2.97. The lowest BCUT2D eigenvalue weighted by Gasteiger charge is -2.39. The molecule has 0 spiro atoms. The summed E-state index contributed by atoms with van der Waals surface area (Å²) in [5.74, 6) is -0.856. The zero-order valence-corrected chi connectivity index (χ0v) is 17.2. The second-order valence-corrected chi connectivity index (χ2v) is 8.25. The van der Waals surface area contributed by atoms with E-state index in [-0.39, 0.29) is 29.7 Å². The summed E-state index contributed by atoms with van der Waals surface area (Å²) in [5, 5.41) is 13.3. The van der Waals surface area contributed by atoms with Gasteiger partial charge in [-0.2, -0.15) is 0 Å². The molecule has 1 N–H and O–H groups in total. The van der Waals surface area contributed by atoms with Crippen LogP contribution in [-0.2, 0) is 19.1 Å². The average Bonchev–Trinajstić information content (AvgIpc) is 3.10. The van der Waals surface area contributed by atoms with Gasteiger partial charge < -0.3 is 15.0 Å². The Morgan fingerprint density at radius 2 is 2.07 bits per heavy atom. The number of nitro benzene ring substituents is 1. The zero-order valence-electron chi connectivity index (χ0n) is 17.2. The lowest BCUT2D eigenvalue weighted by molar-refractivity contribution is -0.384. The zero-order chi connectivity index (χ0) is 21.8. The third-order valence-corrected chi connectivity index (χ3v) is 6.24. The minimum Gasteiger partial charge on any atom is -0.455 e. The highest BCUT2D eigenvalue weighted by molar-refractivity contribution is 5.94. The quantitative estimate of drug-likeness (QED) is 0.432. The van der Waals surface area contributed by atoms with E-state index in [1.807, 2.05) is 4.90 Å². The number of nitrogens with zero attached hydrogens (tertiary/aromatic N) is 2. The topological polar surface area (TPSA) is 119 Å². The lowest BCUT2D eigenvalue weighted by atomic mass is 9.77. The molecule has 1 aliphatic heterocycles. The summed E-state index contributed by atoms with van der Waals surface area (Å²) < 4.78 is 5.11. The molecule has 1 aromatic rings. The molecule has 2 amide bonds. The van der Waals surface area contributed by atoms with Crippen LogP contribution >= 0.6 is 0 Å². The van der Waals surface area contributed by atoms with E-state index >= 15 is 0 Å². The van der Waals surface area contributed by atoms with E-state index in [0.29, 0.717) is 18.4 Å². The molecule has 1 saturated heterocycles. The summed E-state index contributed by atoms with van der Waals surface area (Å²) in [5.41, 5.74) is 0.0912. The standard InChI is InChI=1S/C21H27N3O6/c1-13-5-3-8-18(14(13)2)23-11-15(9-20(23)26)21(27)30-12-19(25)22-16-6-4-7-17(10-16)24(28)29/h4,6-7,10,13-15,18H,3,5,8-9,11-12H2,1-2H3,(H,22,25)/t13-,14-,15-,18-/m1/s1. The van der Waals surface area contributed by atoms with Gasteiger partial charge in [0.05, 0.1) is 10.8 Å². The maximum Gasteiger partial charge on any atom is 0.311 e. The van der Waals surface area contributed by atoms with E-state index in [9.17, 15) is 24.5 Å². The van der Waals surface area contributed by atoms with Gasteiger partial charge in [-0.05, 0) is 24.3 Å². The van der Waals surface area contributed by atoms with E-state index in [2.05, 4.69) is 19.2 Å². The van der Waals surface area contributed by atoms with Gasteiger partial charge in [0.2, 0.25) is 5.91 Å². The van der Waals surface area contributed by atoms with E-state index < -0.39 is 29.3 Å². The third kappa shape index (κ3) is 4.95. The van der Waals surface area contributed by atoms with Gasteiger partial charge in [-0.1, -0.05) is 32.8 Å². The van der Waals surface area contributed by atoms with E-state index in [1.165, 1.54) is 24.3 Å². The second-order valence-electron chi connectivity index (χ2n) is 8.25. The van der Waals surface area contributed by atoms with Crippen LogP contribution in [0.2, 0.25) is 0 Å². The van der Waals surface area contributed by atoms with Gasteiger partial charge in [-0.3, -0.25) is 24.5 Å². The Labute approximate surface area is 174 Å². The Balaban J connectivity index is 1.50. The summed E-state index contributed by atoms with van der Waals surface area (Å²) >= 11 is 0. The van der Waals surface area contributed by atoms with Crippen molar-refractivity contribution in [3.05, 3.63) is 34.4 Å². The van der Waals surface area contributed by atoms with Crippen molar-refractivity contribution in [1.82, 2.24) is 4.90 Å². The Morgan fingerprint density at radius 3 is 2.80 bits per heavy atom. The van der Waals surface area contributed by atoms with Gasteiger partial charge in [-0.25, -0.2) is 0 Å². The molecule has 3 rings (SSSR count). The first kappa shape index (κ1) is 21.7. The molecule has 2 aliphatic rings. The molecule has 1 heterocycles. The van der Waals surface area contributed by atoms with Crippen LogP contribution in [0.15, 0.2) is 24.3 Å². The molecular formula is C21H27N3O6. The molecule has 9 heteroatoms. The maximum absolute atomic E-state index is 12.5. The van der Waals surface area contributed by atoms with Crippen LogP contribution in [0.1, 0.15) is 39.5 Å². The summed E-state index contributed by atoms with van der Waals surface area (Å²) in [6, 6.07) is 5.64. The van der Waals surface area contributed by atoms with E-state index in [0.717, 1.165) is 19.3 Å². The van der Waals surface area contributed by atoms with Crippen LogP contribution < -0.4 is 5.32 Å². The van der Waals surface area contributed by atoms with Crippen molar-refractivity contribution in [2.45, 2.75) is 45.6 Å². The number of non-ortho nitro benzene ring substituents is 1. The molecule has 0 aromatic heterocycles. The number of benzene rings is 1. The van der Waals surface area contributed by atoms with Crippen LogP contribution in [0.3, 0.4) is 0 Å². The Bertz CT molecular complexity index is 842. The smallest absolute Gasteiger partial charge is 0.311 e. The molecule has 2 fully saturated rings. The molecule has 4 atom stereocenters. The van der Waals surface area contributed by atoms with Crippen molar-refractivity contribution < 1.29 is 24.0 Å². The SMILES string of the molecule is C[C@@H]1[C@H](C)CCC[C@H]1N1C[C@H](C(=O)OCC(=O)Nc2cccc([N+](=O)[O-])c2)CC1=O. The van der Waals surface area contributed by atoms with Gasteiger partial charge >= 0.3 is 5.97 Å². The van der Waals surface area contributed by atoms with E-state index in [1.54, 1.807) is 0 Å². The first-order chi connectivity index (χ1) is 14.3.